The highest BCUT2D eigenvalue weighted by Crippen LogP contribution is 2.51. The summed E-state index contributed by atoms with van der Waals surface area (Å²) < 4.78 is 20.8. The predicted molar refractivity (Wildman–Crippen MR) is 118 cm³/mol. The molecule has 0 aromatic heterocycles. The Labute approximate surface area is 191 Å². The Kier molecular flexibility index (Phi) is 7.37. The number of aromatic hydroxyl groups is 1. The Morgan fingerprint density at radius 2 is 1.30 bits per heavy atom. The number of phenols is 1. The van der Waals surface area contributed by atoms with E-state index in [-0.39, 0.29) is 31.1 Å². The average molecular weight is 454 g/mol. The molecule has 0 heterocycles. The third kappa shape index (κ3) is 4.16. The van der Waals surface area contributed by atoms with Crippen molar-refractivity contribution in [1.29, 1.82) is 0 Å². The maximum Gasteiger partial charge on any atom is 0.508 e. The summed E-state index contributed by atoms with van der Waals surface area (Å²) >= 11 is 0. The van der Waals surface area contributed by atoms with E-state index in [9.17, 15) is 19.5 Å². The van der Waals surface area contributed by atoms with Gasteiger partial charge < -0.3 is 24.1 Å². The number of ether oxygens (including phenoxy) is 4. The van der Waals surface area contributed by atoms with E-state index < -0.39 is 30.1 Å². The second kappa shape index (κ2) is 10.2. The number of rotatable bonds is 8. The summed E-state index contributed by atoms with van der Waals surface area (Å²) in [4.78, 5) is 39.0. The summed E-state index contributed by atoms with van der Waals surface area (Å²) in [5.74, 6) is -1.79. The third-order valence-corrected chi connectivity index (χ3v) is 5.29. The first-order valence-electron chi connectivity index (χ1n) is 10.7. The van der Waals surface area contributed by atoms with Gasteiger partial charge in [-0.05, 0) is 43.5 Å². The van der Waals surface area contributed by atoms with Gasteiger partial charge in [-0.15, -0.1) is 0 Å². The topological polar surface area (TPSA) is 108 Å². The second-order valence-corrected chi connectivity index (χ2v) is 7.08. The number of phenolic OH excluding ortho intramolecular Hbond substituents is 1. The Bertz CT molecular complexity index is 1070. The average Bonchev–Trinajstić information content (AvgIpc) is 3.09. The van der Waals surface area contributed by atoms with Gasteiger partial charge in [0.25, 0.3) is 0 Å². The molecule has 0 unspecified atom stereocenters. The Balaban J connectivity index is 2.37. The van der Waals surface area contributed by atoms with E-state index in [0.29, 0.717) is 22.3 Å². The first-order chi connectivity index (χ1) is 15.9. The van der Waals surface area contributed by atoms with E-state index in [1.165, 1.54) is 6.07 Å². The highest BCUT2D eigenvalue weighted by molar-refractivity contribution is 6.16. The minimum absolute atomic E-state index is 0.0140. The number of esters is 2. The number of hydrogen-bond acceptors (Lipinski definition) is 8. The van der Waals surface area contributed by atoms with Gasteiger partial charge >= 0.3 is 18.1 Å². The van der Waals surface area contributed by atoms with Crippen LogP contribution in [0.5, 0.6) is 5.75 Å². The number of benzene rings is 2. The van der Waals surface area contributed by atoms with E-state index in [1.54, 1.807) is 63.2 Å². The van der Waals surface area contributed by atoms with E-state index in [1.807, 2.05) is 0 Å². The van der Waals surface area contributed by atoms with Crippen LogP contribution in [-0.2, 0) is 34.0 Å². The first kappa shape index (κ1) is 23.8. The molecule has 0 amide bonds. The number of fused-ring (bicyclic) bond motifs is 1. The van der Waals surface area contributed by atoms with Gasteiger partial charge in [0.1, 0.15) is 12.4 Å². The molecule has 8 nitrogen and oxygen atoms in total. The smallest absolute Gasteiger partial charge is 0.507 e. The van der Waals surface area contributed by atoms with Crippen LogP contribution < -0.4 is 0 Å². The number of para-hydroxylation sites is 1. The summed E-state index contributed by atoms with van der Waals surface area (Å²) in [5, 5.41) is 10.6. The van der Waals surface area contributed by atoms with E-state index in [2.05, 4.69) is 0 Å². The zero-order chi connectivity index (χ0) is 24.0. The van der Waals surface area contributed by atoms with Gasteiger partial charge in [-0.3, -0.25) is 9.59 Å². The van der Waals surface area contributed by atoms with Crippen LogP contribution in [0.1, 0.15) is 37.5 Å². The maximum absolute atomic E-state index is 13.5. The minimum Gasteiger partial charge on any atom is -0.507 e. The molecule has 0 radical (unpaired) electrons. The number of carbonyl (C=O) groups is 3. The minimum atomic E-state index is -2.02. The van der Waals surface area contributed by atoms with Crippen LogP contribution in [0.15, 0.2) is 54.1 Å². The largest absolute Gasteiger partial charge is 0.508 e. The molecule has 1 aliphatic carbocycles. The van der Waals surface area contributed by atoms with Crippen molar-refractivity contribution < 1.29 is 38.4 Å². The lowest BCUT2D eigenvalue weighted by Crippen LogP contribution is -2.47. The zero-order valence-electron chi connectivity index (χ0n) is 18.8. The SMILES string of the molecule is CCOC(=O)OCC1=C(c2ccccc2O)c2ccccc2C1(C(=O)OCC)C(=O)OCC. The van der Waals surface area contributed by atoms with Crippen molar-refractivity contribution in [2.75, 3.05) is 26.4 Å². The normalized spacial score (nSPS) is 13.8. The Hall–Kier alpha value is -3.81. The fraction of sp³-hybridized carbons (Fsp3) is 0.320. The molecular formula is C25H26O8. The Morgan fingerprint density at radius 1 is 0.758 bits per heavy atom. The molecular weight excluding hydrogens is 428 g/mol. The highest BCUT2D eigenvalue weighted by atomic mass is 16.7. The lowest BCUT2D eigenvalue weighted by Gasteiger charge is -2.29. The summed E-state index contributed by atoms with van der Waals surface area (Å²) in [7, 11) is 0. The van der Waals surface area contributed by atoms with Gasteiger partial charge in [-0.1, -0.05) is 42.5 Å². The molecule has 0 aliphatic heterocycles. The monoisotopic (exact) mass is 454 g/mol. The van der Waals surface area contributed by atoms with Crippen LogP contribution in [0.2, 0.25) is 0 Å². The lowest BCUT2D eigenvalue weighted by atomic mass is 9.77. The van der Waals surface area contributed by atoms with Crippen LogP contribution in [0.4, 0.5) is 4.79 Å². The van der Waals surface area contributed by atoms with E-state index in [4.69, 9.17) is 18.9 Å². The van der Waals surface area contributed by atoms with Crippen LogP contribution in [0.25, 0.3) is 5.57 Å². The zero-order valence-corrected chi connectivity index (χ0v) is 18.8. The van der Waals surface area contributed by atoms with Crippen LogP contribution >= 0.6 is 0 Å². The quantitative estimate of drug-likeness (QED) is 0.365. The molecule has 3 rings (SSSR count). The molecule has 0 atom stereocenters. The summed E-state index contributed by atoms with van der Waals surface area (Å²) in [6.45, 7) is 4.53. The molecule has 8 heteroatoms. The van der Waals surface area contributed by atoms with Gasteiger partial charge in [-0.2, -0.15) is 0 Å². The maximum atomic E-state index is 13.5. The van der Waals surface area contributed by atoms with Crippen molar-refractivity contribution >= 4 is 23.7 Å². The lowest BCUT2D eigenvalue weighted by molar-refractivity contribution is -0.162. The standard InChI is InChI=1S/C25H26O8/c1-4-30-22(27)25(23(28)31-5-2)18-13-9-7-11-16(18)21(17-12-8-10-14-20(17)26)19(25)15-33-24(29)32-6-3/h7-14,26H,4-6,15H2,1-3H3. The van der Waals surface area contributed by atoms with Gasteiger partial charge in [0, 0.05) is 11.1 Å². The number of carbonyl (C=O) groups excluding carboxylic acids is 3. The third-order valence-electron chi connectivity index (χ3n) is 5.29. The molecule has 0 fully saturated rings. The van der Waals surface area contributed by atoms with Crippen molar-refractivity contribution in [2.45, 2.75) is 26.2 Å². The molecule has 1 aliphatic rings. The fourth-order valence-corrected chi connectivity index (χ4v) is 4.03. The van der Waals surface area contributed by atoms with E-state index in [0.717, 1.165) is 0 Å². The molecule has 33 heavy (non-hydrogen) atoms. The van der Waals surface area contributed by atoms with Gasteiger partial charge in [0.15, 0.2) is 0 Å². The molecule has 174 valence electrons. The predicted octanol–water partition coefficient (Wildman–Crippen LogP) is 3.74. The van der Waals surface area contributed by atoms with Gasteiger partial charge in [0.05, 0.1) is 19.8 Å². The van der Waals surface area contributed by atoms with Crippen molar-refractivity contribution in [3.8, 4) is 5.75 Å². The molecule has 1 N–H and O–H groups in total. The second-order valence-electron chi connectivity index (χ2n) is 7.08. The molecule has 2 aromatic carbocycles. The number of hydrogen-bond donors (Lipinski definition) is 1. The summed E-state index contributed by atoms with van der Waals surface area (Å²) in [6.07, 6.45) is -0.959. The summed E-state index contributed by atoms with van der Waals surface area (Å²) in [5.41, 5.74) is -0.315. The van der Waals surface area contributed by atoms with Gasteiger partial charge in [0.2, 0.25) is 5.41 Å². The molecule has 2 aromatic rings. The molecule has 0 bridgehead atoms. The molecule has 0 saturated carbocycles. The molecule has 0 saturated heterocycles. The van der Waals surface area contributed by atoms with Gasteiger partial charge in [-0.25, -0.2) is 4.79 Å². The first-order valence-corrected chi connectivity index (χ1v) is 10.7. The fourth-order valence-electron chi connectivity index (χ4n) is 4.03. The van der Waals surface area contributed by atoms with Crippen molar-refractivity contribution in [2.24, 2.45) is 0 Å². The van der Waals surface area contributed by atoms with Crippen molar-refractivity contribution in [1.82, 2.24) is 0 Å². The summed E-state index contributed by atoms with van der Waals surface area (Å²) in [6, 6.07) is 13.3. The van der Waals surface area contributed by atoms with Crippen molar-refractivity contribution in [3.05, 3.63) is 70.8 Å². The Morgan fingerprint density at radius 3 is 1.88 bits per heavy atom. The van der Waals surface area contributed by atoms with Crippen LogP contribution in [-0.4, -0.2) is 49.6 Å². The van der Waals surface area contributed by atoms with Crippen LogP contribution in [0, 0.1) is 0 Å². The highest BCUT2D eigenvalue weighted by Gasteiger charge is 2.59. The molecule has 0 spiro atoms. The van der Waals surface area contributed by atoms with Crippen molar-refractivity contribution in [3.63, 3.8) is 0 Å². The van der Waals surface area contributed by atoms with E-state index >= 15 is 0 Å². The van der Waals surface area contributed by atoms with Crippen LogP contribution in [0.3, 0.4) is 0 Å².